The van der Waals surface area contributed by atoms with Crippen molar-refractivity contribution < 1.29 is 102 Å². The molecule has 0 amide bonds. The van der Waals surface area contributed by atoms with Gasteiger partial charge in [-0.25, -0.2) is 0 Å². The van der Waals surface area contributed by atoms with Gasteiger partial charge in [0.25, 0.3) is 0 Å². The second-order valence-electron chi connectivity index (χ2n) is 14.4. The SMILES string of the molecule is CCCOCC(CO)OC(CO)COCC(COCC(CO)OC)OC(COCC(CO)OC)COCC(COC(CO)COC)OC(COC(C)C)COC(CO)COC. The first-order valence-electron chi connectivity index (χ1n) is 21.0. The summed E-state index contributed by atoms with van der Waals surface area (Å²) in [7, 11) is 5.92. The van der Waals surface area contributed by atoms with Gasteiger partial charge in [-0.15, -0.1) is 0 Å². The van der Waals surface area contributed by atoms with Gasteiger partial charge in [0, 0.05) is 35.0 Å². The van der Waals surface area contributed by atoms with Crippen molar-refractivity contribution in [2.45, 2.75) is 94.3 Å². The highest BCUT2D eigenvalue weighted by atomic mass is 16.6. The Morgan fingerprint density at radius 1 is 0.328 bits per heavy atom. The van der Waals surface area contributed by atoms with Crippen molar-refractivity contribution in [1.82, 2.24) is 0 Å². The van der Waals surface area contributed by atoms with E-state index in [9.17, 15) is 30.6 Å². The highest BCUT2D eigenvalue weighted by molar-refractivity contribution is 4.70. The van der Waals surface area contributed by atoms with Crippen LogP contribution in [0.3, 0.4) is 0 Å². The van der Waals surface area contributed by atoms with Crippen molar-refractivity contribution >= 4 is 0 Å². The zero-order valence-electron chi connectivity index (χ0n) is 37.7. The molecule has 0 aliphatic carbocycles. The van der Waals surface area contributed by atoms with Crippen LogP contribution in [0.4, 0.5) is 0 Å². The molecular weight excluding hydrogens is 816 g/mol. The molecule has 0 aromatic carbocycles. The number of methoxy groups -OCH3 is 4. The lowest BCUT2D eigenvalue weighted by molar-refractivity contribution is -0.172. The van der Waals surface area contributed by atoms with Gasteiger partial charge in [0.2, 0.25) is 0 Å². The summed E-state index contributed by atoms with van der Waals surface area (Å²) >= 11 is 0. The van der Waals surface area contributed by atoms with Gasteiger partial charge in [-0.05, 0) is 20.3 Å². The topological polar surface area (TPSA) is 260 Å². The smallest absolute Gasteiger partial charge is 0.105 e. The monoisotopic (exact) mass is 899 g/mol. The van der Waals surface area contributed by atoms with Gasteiger partial charge in [0.1, 0.15) is 61.0 Å². The van der Waals surface area contributed by atoms with Crippen molar-refractivity contribution in [1.29, 1.82) is 0 Å². The Balaban J connectivity index is 6.18. The van der Waals surface area contributed by atoms with E-state index in [1.54, 1.807) is 0 Å². The molecule has 10 unspecified atom stereocenters. The quantitative estimate of drug-likeness (QED) is 0.0369. The molecule has 0 aliphatic heterocycles. The van der Waals surface area contributed by atoms with Gasteiger partial charge >= 0.3 is 0 Å². The molecule has 21 nitrogen and oxygen atoms in total. The highest BCUT2D eigenvalue weighted by Crippen LogP contribution is 2.11. The number of hydrogen-bond donors (Lipinski definition) is 6. The number of rotatable bonds is 47. The number of hydrogen-bond acceptors (Lipinski definition) is 21. The fraction of sp³-hybridized carbons (Fsp3) is 1.00. The van der Waals surface area contributed by atoms with E-state index in [1.807, 2.05) is 20.8 Å². The average molecular weight is 899 g/mol. The predicted octanol–water partition coefficient (Wildman–Crippen LogP) is -1.79. The molecule has 0 rings (SSSR count). The Morgan fingerprint density at radius 2 is 0.623 bits per heavy atom. The number of ether oxygens (including phenoxy) is 15. The minimum Gasteiger partial charge on any atom is -0.394 e. The minimum absolute atomic E-state index is 0.000468. The molecule has 0 spiro atoms. The lowest BCUT2D eigenvalue weighted by Gasteiger charge is -2.29. The second-order valence-corrected chi connectivity index (χ2v) is 14.4. The second kappa shape index (κ2) is 41.8. The van der Waals surface area contributed by atoms with Crippen LogP contribution < -0.4 is 0 Å². The van der Waals surface area contributed by atoms with E-state index < -0.39 is 61.0 Å². The zero-order valence-corrected chi connectivity index (χ0v) is 37.7. The largest absolute Gasteiger partial charge is 0.394 e. The fourth-order valence-corrected chi connectivity index (χ4v) is 5.13. The van der Waals surface area contributed by atoms with Crippen molar-refractivity contribution in [3.63, 3.8) is 0 Å². The van der Waals surface area contributed by atoms with Crippen molar-refractivity contribution in [3.8, 4) is 0 Å². The van der Waals surface area contributed by atoms with Crippen LogP contribution in [-0.4, -0.2) is 265 Å². The van der Waals surface area contributed by atoms with E-state index in [0.29, 0.717) is 6.61 Å². The molecular formula is C40H82O21. The lowest BCUT2D eigenvalue weighted by atomic mass is 10.3. The lowest BCUT2D eigenvalue weighted by Crippen LogP contribution is -2.41. The van der Waals surface area contributed by atoms with Crippen LogP contribution in [-0.2, 0) is 71.1 Å². The summed E-state index contributed by atoms with van der Waals surface area (Å²) in [5.41, 5.74) is 0. The first kappa shape index (κ1) is 60.2. The van der Waals surface area contributed by atoms with E-state index >= 15 is 0 Å². The molecule has 21 heteroatoms. The van der Waals surface area contributed by atoms with Gasteiger partial charge < -0.3 is 102 Å². The van der Waals surface area contributed by atoms with Gasteiger partial charge in [-0.3, -0.25) is 0 Å². The van der Waals surface area contributed by atoms with Crippen LogP contribution in [0, 0.1) is 0 Å². The van der Waals surface area contributed by atoms with Crippen LogP contribution in [0.5, 0.6) is 0 Å². The average Bonchev–Trinajstić information content (AvgIpc) is 3.26. The van der Waals surface area contributed by atoms with Crippen LogP contribution >= 0.6 is 0 Å². The first-order chi connectivity index (χ1) is 29.6. The third kappa shape index (κ3) is 32.5. The molecule has 6 N–H and O–H groups in total. The predicted molar refractivity (Wildman–Crippen MR) is 219 cm³/mol. The van der Waals surface area contributed by atoms with Crippen LogP contribution in [0.1, 0.15) is 27.2 Å². The van der Waals surface area contributed by atoms with Gasteiger partial charge in [-0.2, -0.15) is 0 Å². The minimum atomic E-state index is -0.772. The van der Waals surface area contributed by atoms with Crippen LogP contribution in [0.25, 0.3) is 0 Å². The molecule has 61 heavy (non-hydrogen) atoms. The maximum absolute atomic E-state index is 9.99. The summed E-state index contributed by atoms with van der Waals surface area (Å²) in [6.07, 6.45) is -5.92. The molecule has 0 fully saturated rings. The van der Waals surface area contributed by atoms with E-state index in [1.165, 1.54) is 28.4 Å². The molecule has 0 bridgehead atoms. The van der Waals surface area contributed by atoms with Gasteiger partial charge in [0.05, 0.1) is 138 Å². The Labute approximate surface area is 362 Å². The van der Waals surface area contributed by atoms with E-state index in [-0.39, 0.29) is 138 Å². The summed E-state index contributed by atoms with van der Waals surface area (Å²) < 4.78 is 86.5. The third-order valence-electron chi connectivity index (χ3n) is 8.48. The highest BCUT2D eigenvalue weighted by Gasteiger charge is 2.26. The van der Waals surface area contributed by atoms with Crippen molar-refractivity contribution in [2.24, 2.45) is 0 Å². The Bertz CT molecular complexity index is 905. The Hall–Kier alpha value is -0.840. The van der Waals surface area contributed by atoms with Gasteiger partial charge in [-0.1, -0.05) is 6.92 Å². The Kier molecular flexibility index (Phi) is 41.3. The summed E-state index contributed by atoms with van der Waals surface area (Å²) in [5.74, 6) is 0. The van der Waals surface area contributed by atoms with E-state index in [0.717, 1.165) is 6.42 Å². The maximum Gasteiger partial charge on any atom is 0.105 e. The zero-order chi connectivity index (χ0) is 45.5. The van der Waals surface area contributed by atoms with Crippen LogP contribution in [0.2, 0.25) is 0 Å². The molecule has 368 valence electrons. The van der Waals surface area contributed by atoms with Crippen molar-refractivity contribution in [2.75, 3.05) is 167 Å². The molecule has 10 atom stereocenters. The van der Waals surface area contributed by atoms with E-state index in [2.05, 4.69) is 0 Å². The molecule has 0 aromatic rings. The standard InChI is InChI=1S/C40H82O21/c1-8-9-51-20-35(14-45)59-36(15-46)21-54-24-37(22-52-18-31(10-41)49-6)60-38(23-53-19-32(11-42)50-7)25-55-26-39(28-57-33(12-43)16-47-4)61-40(27-56-30(2)3)29-58-34(13-44)17-48-5/h30-46H,8-29H2,1-7H3. The summed E-state index contributed by atoms with van der Waals surface area (Å²) in [5, 5.41) is 58.6. The van der Waals surface area contributed by atoms with Crippen LogP contribution in [0.15, 0.2) is 0 Å². The summed E-state index contributed by atoms with van der Waals surface area (Å²) in [6.45, 7) is 5.13. The van der Waals surface area contributed by atoms with E-state index in [4.69, 9.17) is 71.1 Å². The molecule has 0 heterocycles. The molecule has 0 saturated carbocycles. The Morgan fingerprint density at radius 3 is 0.951 bits per heavy atom. The number of aliphatic hydroxyl groups is 6. The van der Waals surface area contributed by atoms with Gasteiger partial charge in [0.15, 0.2) is 0 Å². The maximum atomic E-state index is 9.99. The molecule has 0 saturated heterocycles. The first-order valence-corrected chi connectivity index (χ1v) is 21.0. The molecule has 0 aliphatic rings. The molecule has 0 aromatic heterocycles. The number of aliphatic hydroxyl groups excluding tert-OH is 6. The van der Waals surface area contributed by atoms with Crippen molar-refractivity contribution in [3.05, 3.63) is 0 Å². The fourth-order valence-electron chi connectivity index (χ4n) is 5.13. The normalized spacial score (nSPS) is 17.2. The summed E-state index contributed by atoms with van der Waals surface area (Å²) in [4.78, 5) is 0. The third-order valence-corrected chi connectivity index (χ3v) is 8.48. The summed E-state index contributed by atoms with van der Waals surface area (Å²) in [6, 6.07) is 0. The molecule has 0 radical (unpaired) electrons.